The van der Waals surface area contributed by atoms with Crippen LogP contribution in [0, 0.1) is 12.8 Å². The van der Waals surface area contributed by atoms with Gasteiger partial charge < -0.3 is 5.32 Å². The van der Waals surface area contributed by atoms with Gasteiger partial charge in [-0.2, -0.15) is 0 Å². The molecule has 7 heteroatoms. The van der Waals surface area contributed by atoms with Gasteiger partial charge >= 0.3 is 0 Å². The van der Waals surface area contributed by atoms with Gasteiger partial charge in [0.25, 0.3) is 0 Å². The Hall–Kier alpha value is -1.11. The summed E-state index contributed by atoms with van der Waals surface area (Å²) < 4.78 is 22.7. The second kappa shape index (κ2) is 5.69. The van der Waals surface area contributed by atoms with Crippen LogP contribution in [-0.4, -0.2) is 20.2 Å². The molecule has 1 rings (SSSR count). The van der Waals surface area contributed by atoms with Crippen molar-refractivity contribution in [3.63, 3.8) is 0 Å². The molecular weight excluding hydrogens is 276 g/mol. The van der Waals surface area contributed by atoms with Crippen molar-refractivity contribution >= 4 is 33.2 Å². The second-order valence-corrected chi connectivity index (χ2v) is 5.86. The highest BCUT2D eigenvalue weighted by Crippen LogP contribution is 2.22. The molecule has 0 aliphatic carbocycles. The predicted octanol–water partition coefficient (Wildman–Crippen LogP) is 1.46. The third kappa shape index (κ3) is 3.44. The number of alkyl halides is 1. The third-order valence-corrected chi connectivity index (χ3v) is 4.05. The quantitative estimate of drug-likeness (QED) is 0.823. The SMILES string of the molecule is Cc1c(NC(=O)C(C)CCl)cccc1S(N)(=O)=O. The van der Waals surface area contributed by atoms with Crippen LogP contribution in [-0.2, 0) is 14.8 Å². The van der Waals surface area contributed by atoms with Crippen molar-refractivity contribution in [1.82, 2.24) is 0 Å². The summed E-state index contributed by atoms with van der Waals surface area (Å²) in [5.41, 5.74) is 0.832. The molecule has 3 N–H and O–H groups in total. The molecule has 0 fully saturated rings. The number of nitrogens with one attached hydrogen (secondary N) is 1. The minimum atomic E-state index is -3.79. The largest absolute Gasteiger partial charge is 0.326 e. The van der Waals surface area contributed by atoms with Crippen molar-refractivity contribution in [2.75, 3.05) is 11.2 Å². The fourth-order valence-electron chi connectivity index (χ4n) is 1.38. The minimum absolute atomic E-state index is 0.00109. The monoisotopic (exact) mass is 290 g/mol. The van der Waals surface area contributed by atoms with Crippen molar-refractivity contribution in [2.45, 2.75) is 18.7 Å². The molecule has 1 unspecified atom stereocenters. The van der Waals surface area contributed by atoms with Crippen molar-refractivity contribution in [2.24, 2.45) is 11.1 Å². The lowest BCUT2D eigenvalue weighted by Crippen LogP contribution is -2.22. The summed E-state index contributed by atoms with van der Waals surface area (Å²) in [5, 5.41) is 7.71. The Kier molecular flexibility index (Phi) is 4.72. The summed E-state index contributed by atoms with van der Waals surface area (Å²) in [6, 6.07) is 4.53. The highest BCUT2D eigenvalue weighted by atomic mass is 35.5. The molecule has 18 heavy (non-hydrogen) atoms. The van der Waals surface area contributed by atoms with E-state index in [1.54, 1.807) is 19.9 Å². The number of anilines is 1. The molecule has 0 saturated carbocycles. The van der Waals surface area contributed by atoms with Gasteiger partial charge in [-0.25, -0.2) is 13.6 Å². The molecule has 1 amide bonds. The summed E-state index contributed by atoms with van der Waals surface area (Å²) in [4.78, 5) is 11.7. The number of hydrogen-bond donors (Lipinski definition) is 2. The van der Waals surface area contributed by atoms with Gasteiger partial charge in [-0.3, -0.25) is 4.79 Å². The number of amides is 1. The minimum Gasteiger partial charge on any atom is -0.326 e. The Morgan fingerprint density at radius 1 is 1.50 bits per heavy atom. The van der Waals surface area contributed by atoms with Crippen LogP contribution in [0.15, 0.2) is 23.1 Å². The van der Waals surface area contributed by atoms with E-state index in [-0.39, 0.29) is 22.6 Å². The maximum Gasteiger partial charge on any atom is 0.238 e. The van der Waals surface area contributed by atoms with E-state index in [2.05, 4.69) is 5.32 Å². The molecule has 0 bridgehead atoms. The lowest BCUT2D eigenvalue weighted by atomic mass is 10.1. The normalized spacial score (nSPS) is 13.1. The summed E-state index contributed by atoms with van der Waals surface area (Å²) >= 11 is 5.58. The number of primary sulfonamides is 1. The van der Waals surface area contributed by atoms with E-state index in [4.69, 9.17) is 16.7 Å². The van der Waals surface area contributed by atoms with E-state index in [0.717, 1.165) is 0 Å². The van der Waals surface area contributed by atoms with Crippen molar-refractivity contribution < 1.29 is 13.2 Å². The lowest BCUT2D eigenvalue weighted by Gasteiger charge is -2.13. The number of rotatable bonds is 4. The van der Waals surface area contributed by atoms with Gasteiger partial charge in [0, 0.05) is 17.5 Å². The first-order chi connectivity index (χ1) is 8.27. The van der Waals surface area contributed by atoms with Crippen LogP contribution in [0.5, 0.6) is 0 Å². The smallest absolute Gasteiger partial charge is 0.238 e. The van der Waals surface area contributed by atoms with Crippen LogP contribution in [0.3, 0.4) is 0 Å². The number of sulfonamides is 1. The first kappa shape index (κ1) is 14.9. The molecule has 0 radical (unpaired) electrons. The average Bonchev–Trinajstić information content (AvgIpc) is 2.29. The van der Waals surface area contributed by atoms with Crippen molar-refractivity contribution in [1.29, 1.82) is 0 Å². The van der Waals surface area contributed by atoms with Gasteiger partial charge in [0.15, 0.2) is 0 Å². The highest BCUT2D eigenvalue weighted by molar-refractivity contribution is 7.89. The molecule has 5 nitrogen and oxygen atoms in total. The molecule has 0 saturated heterocycles. The molecule has 0 aliphatic heterocycles. The molecule has 0 spiro atoms. The van der Waals surface area contributed by atoms with Gasteiger partial charge in [-0.05, 0) is 24.6 Å². The van der Waals surface area contributed by atoms with E-state index in [1.165, 1.54) is 12.1 Å². The van der Waals surface area contributed by atoms with Crippen LogP contribution in [0.1, 0.15) is 12.5 Å². The molecular formula is C11H15ClN2O3S. The number of halogens is 1. The van der Waals surface area contributed by atoms with Gasteiger partial charge in [0.2, 0.25) is 15.9 Å². The van der Waals surface area contributed by atoms with Crippen LogP contribution >= 0.6 is 11.6 Å². The van der Waals surface area contributed by atoms with E-state index < -0.39 is 10.0 Å². The summed E-state index contributed by atoms with van der Waals surface area (Å²) in [5.74, 6) is -0.427. The molecule has 1 atom stereocenters. The molecule has 1 aromatic rings. The first-order valence-electron chi connectivity index (χ1n) is 5.26. The van der Waals surface area contributed by atoms with Gasteiger partial charge in [0.05, 0.1) is 4.90 Å². The zero-order valence-corrected chi connectivity index (χ0v) is 11.7. The van der Waals surface area contributed by atoms with E-state index in [1.807, 2.05) is 0 Å². The average molecular weight is 291 g/mol. The third-order valence-electron chi connectivity index (χ3n) is 2.53. The number of hydrogen-bond acceptors (Lipinski definition) is 3. The zero-order chi connectivity index (χ0) is 13.9. The van der Waals surface area contributed by atoms with Crippen LogP contribution in [0.25, 0.3) is 0 Å². The van der Waals surface area contributed by atoms with Crippen molar-refractivity contribution in [3.05, 3.63) is 23.8 Å². The molecule has 0 aliphatic rings. The molecule has 0 heterocycles. The summed E-state index contributed by atoms with van der Waals surface area (Å²) in [7, 11) is -3.79. The Balaban J connectivity index is 3.10. The summed E-state index contributed by atoms with van der Waals surface area (Å²) in [6.45, 7) is 3.27. The number of carbonyl (C=O) groups excluding carboxylic acids is 1. The predicted molar refractivity (Wildman–Crippen MR) is 71.1 cm³/mol. The Bertz CT molecular complexity index is 557. The molecule has 100 valence electrons. The number of benzene rings is 1. The first-order valence-corrected chi connectivity index (χ1v) is 7.34. The van der Waals surface area contributed by atoms with E-state index in [0.29, 0.717) is 11.3 Å². The van der Waals surface area contributed by atoms with Crippen LogP contribution in [0.2, 0.25) is 0 Å². The van der Waals surface area contributed by atoms with Gasteiger partial charge in [-0.15, -0.1) is 11.6 Å². The Morgan fingerprint density at radius 2 is 2.11 bits per heavy atom. The maximum absolute atomic E-state index is 11.7. The fourth-order valence-corrected chi connectivity index (χ4v) is 2.33. The number of carbonyl (C=O) groups is 1. The second-order valence-electron chi connectivity index (χ2n) is 4.02. The zero-order valence-electron chi connectivity index (χ0n) is 10.1. The molecule has 1 aromatic carbocycles. The fraction of sp³-hybridized carbons (Fsp3) is 0.364. The highest BCUT2D eigenvalue weighted by Gasteiger charge is 2.17. The van der Waals surface area contributed by atoms with E-state index >= 15 is 0 Å². The van der Waals surface area contributed by atoms with Gasteiger partial charge in [0.1, 0.15) is 0 Å². The molecule has 0 aromatic heterocycles. The standard InChI is InChI=1S/C11H15ClN2O3S/c1-7(6-12)11(15)14-9-4-3-5-10(8(9)2)18(13,16)17/h3-5,7H,6H2,1-2H3,(H,14,15)(H2,13,16,17). The van der Waals surface area contributed by atoms with Crippen molar-refractivity contribution in [3.8, 4) is 0 Å². The number of nitrogens with two attached hydrogens (primary N) is 1. The Labute approximate surface area is 111 Å². The summed E-state index contributed by atoms with van der Waals surface area (Å²) in [6.07, 6.45) is 0. The van der Waals surface area contributed by atoms with E-state index in [9.17, 15) is 13.2 Å². The van der Waals surface area contributed by atoms with Gasteiger partial charge in [-0.1, -0.05) is 13.0 Å². The maximum atomic E-state index is 11.7. The lowest BCUT2D eigenvalue weighted by molar-refractivity contribution is -0.118. The van der Waals surface area contributed by atoms with Crippen LogP contribution < -0.4 is 10.5 Å². The topological polar surface area (TPSA) is 89.3 Å². The van der Waals surface area contributed by atoms with Crippen LogP contribution in [0.4, 0.5) is 5.69 Å². The Morgan fingerprint density at radius 3 is 2.61 bits per heavy atom.